The topological polar surface area (TPSA) is 104 Å². The molecule has 2 aromatic carbocycles. The van der Waals surface area contributed by atoms with Gasteiger partial charge in [0.25, 0.3) is 11.8 Å². The molecule has 1 aliphatic heterocycles. The zero-order valence-corrected chi connectivity index (χ0v) is 16.3. The maximum Gasteiger partial charge on any atom is 0.330 e. The molecule has 2 heterocycles. The van der Waals surface area contributed by atoms with Gasteiger partial charge in [0.1, 0.15) is 0 Å². The molecule has 3 amide bonds. The largest absolute Gasteiger partial charge is 0.330 e. The van der Waals surface area contributed by atoms with E-state index in [4.69, 9.17) is 0 Å². The molecule has 4 rings (SSSR count). The van der Waals surface area contributed by atoms with Crippen molar-refractivity contribution in [1.82, 2.24) is 14.5 Å². The number of nitrogens with one attached hydrogen (secondary N) is 2. The first-order valence-electron chi connectivity index (χ1n) is 9.59. The predicted octanol–water partition coefficient (Wildman–Crippen LogP) is 2.49. The van der Waals surface area contributed by atoms with Gasteiger partial charge in [-0.1, -0.05) is 24.3 Å². The monoisotopic (exact) mass is 404 g/mol. The van der Waals surface area contributed by atoms with E-state index in [9.17, 15) is 19.2 Å². The van der Waals surface area contributed by atoms with Gasteiger partial charge in [0, 0.05) is 24.9 Å². The van der Waals surface area contributed by atoms with Crippen LogP contribution in [0.15, 0.2) is 59.5 Å². The van der Waals surface area contributed by atoms with Gasteiger partial charge in [0.15, 0.2) is 0 Å². The van der Waals surface area contributed by atoms with Crippen molar-refractivity contribution in [2.45, 2.75) is 19.8 Å². The van der Waals surface area contributed by atoms with Gasteiger partial charge in [-0.2, -0.15) is 0 Å². The Balaban J connectivity index is 1.40. The van der Waals surface area contributed by atoms with Crippen LogP contribution in [-0.2, 0) is 4.79 Å². The molecule has 0 atom stereocenters. The minimum Gasteiger partial charge on any atom is -0.324 e. The highest BCUT2D eigenvalue weighted by atomic mass is 16.2. The fourth-order valence-corrected chi connectivity index (χ4v) is 3.58. The lowest BCUT2D eigenvalue weighted by atomic mass is 10.1. The number of carbonyl (C=O) groups is 3. The maximum atomic E-state index is 12.5. The van der Waals surface area contributed by atoms with Gasteiger partial charge in [-0.15, -0.1) is 0 Å². The van der Waals surface area contributed by atoms with Crippen molar-refractivity contribution >= 4 is 23.4 Å². The van der Waals surface area contributed by atoms with E-state index in [1.54, 1.807) is 61.7 Å². The Bertz CT molecular complexity index is 1170. The van der Waals surface area contributed by atoms with E-state index in [0.29, 0.717) is 34.6 Å². The average Bonchev–Trinajstić information content (AvgIpc) is 3.20. The minimum atomic E-state index is -0.330. The van der Waals surface area contributed by atoms with Crippen molar-refractivity contribution in [2.24, 2.45) is 0 Å². The number of benzene rings is 2. The van der Waals surface area contributed by atoms with Gasteiger partial charge in [0.2, 0.25) is 5.91 Å². The summed E-state index contributed by atoms with van der Waals surface area (Å²) in [6, 6.07) is 13.7. The average molecular weight is 404 g/mol. The van der Waals surface area contributed by atoms with Gasteiger partial charge >= 0.3 is 5.69 Å². The van der Waals surface area contributed by atoms with Crippen LogP contribution in [0.25, 0.3) is 5.69 Å². The number of aromatic nitrogens is 2. The number of imidazole rings is 1. The molecule has 152 valence electrons. The summed E-state index contributed by atoms with van der Waals surface area (Å²) in [6.07, 6.45) is 2.06. The minimum absolute atomic E-state index is 0.128. The van der Waals surface area contributed by atoms with Gasteiger partial charge in [-0.25, -0.2) is 4.79 Å². The van der Waals surface area contributed by atoms with Crippen LogP contribution in [0.2, 0.25) is 0 Å². The third-order valence-corrected chi connectivity index (χ3v) is 5.04. The van der Waals surface area contributed by atoms with Gasteiger partial charge in [-0.05, 0) is 37.6 Å². The third kappa shape index (κ3) is 3.43. The smallest absolute Gasteiger partial charge is 0.324 e. The van der Waals surface area contributed by atoms with E-state index < -0.39 is 0 Å². The van der Waals surface area contributed by atoms with E-state index in [1.165, 1.54) is 9.47 Å². The van der Waals surface area contributed by atoms with Crippen molar-refractivity contribution in [2.75, 3.05) is 11.9 Å². The van der Waals surface area contributed by atoms with Crippen molar-refractivity contribution in [1.29, 1.82) is 0 Å². The number of anilines is 1. The summed E-state index contributed by atoms with van der Waals surface area (Å²) >= 11 is 0. The second-order valence-corrected chi connectivity index (χ2v) is 7.05. The molecule has 0 aliphatic carbocycles. The van der Waals surface area contributed by atoms with E-state index in [1.807, 2.05) is 0 Å². The highest BCUT2D eigenvalue weighted by Crippen LogP contribution is 2.23. The van der Waals surface area contributed by atoms with Crippen molar-refractivity contribution in [3.8, 4) is 5.69 Å². The maximum absolute atomic E-state index is 12.5. The van der Waals surface area contributed by atoms with Gasteiger partial charge in [-0.3, -0.25) is 23.9 Å². The number of hydrogen-bond donors (Lipinski definition) is 2. The third-order valence-electron chi connectivity index (χ3n) is 5.04. The molecule has 3 aromatic rings. The molecule has 2 N–H and O–H groups in total. The Morgan fingerprint density at radius 3 is 2.23 bits per heavy atom. The van der Waals surface area contributed by atoms with Gasteiger partial charge in [0.05, 0.1) is 22.5 Å². The van der Waals surface area contributed by atoms with Crippen LogP contribution in [0, 0.1) is 6.92 Å². The number of nitrogens with zero attached hydrogens (tertiary/aromatic N) is 2. The molecule has 0 unspecified atom stereocenters. The van der Waals surface area contributed by atoms with Crippen molar-refractivity contribution < 1.29 is 14.4 Å². The summed E-state index contributed by atoms with van der Waals surface area (Å²) < 4.78 is 1.48. The summed E-state index contributed by atoms with van der Waals surface area (Å²) in [5.74, 6) is -0.923. The number of aryl methyl sites for hydroxylation is 1. The number of amides is 3. The molecular formula is C22H20N4O4. The van der Waals surface area contributed by atoms with Crippen LogP contribution in [-0.4, -0.2) is 38.7 Å². The number of fused-ring (bicyclic) bond motifs is 1. The Kier molecular flexibility index (Phi) is 5.05. The van der Waals surface area contributed by atoms with Crippen LogP contribution in [0.3, 0.4) is 0 Å². The van der Waals surface area contributed by atoms with E-state index in [-0.39, 0.29) is 36.4 Å². The highest BCUT2D eigenvalue weighted by Gasteiger charge is 2.34. The first-order valence-corrected chi connectivity index (χ1v) is 9.59. The summed E-state index contributed by atoms with van der Waals surface area (Å²) in [7, 11) is 0. The molecule has 1 aromatic heterocycles. The second kappa shape index (κ2) is 7.82. The zero-order valence-electron chi connectivity index (χ0n) is 16.3. The first-order chi connectivity index (χ1) is 14.5. The van der Waals surface area contributed by atoms with Crippen LogP contribution in [0.4, 0.5) is 5.69 Å². The Labute approximate surface area is 172 Å². The summed E-state index contributed by atoms with van der Waals surface area (Å²) in [5, 5.41) is 2.82. The standard InChI is InChI=1S/C22H20N4O4/c1-14-13-23-22(30)26(14)18-10-5-4-9-17(18)24-19(27)11-6-12-25-20(28)15-7-2-3-8-16(15)21(25)29/h2-5,7-10,13H,6,11-12H2,1H3,(H,23,30)(H,24,27). The molecular weight excluding hydrogens is 384 g/mol. The molecule has 0 spiro atoms. The van der Waals surface area contributed by atoms with Gasteiger partial charge < -0.3 is 10.3 Å². The lowest BCUT2D eigenvalue weighted by molar-refractivity contribution is -0.116. The molecule has 0 saturated carbocycles. The SMILES string of the molecule is Cc1c[nH]c(=O)n1-c1ccccc1NC(=O)CCCN1C(=O)c2ccccc2C1=O. The lowest BCUT2D eigenvalue weighted by Gasteiger charge is -2.14. The summed E-state index contributed by atoms with van der Waals surface area (Å²) in [6.45, 7) is 1.95. The predicted molar refractivity (Wildman–Crippen MR) is 111 cm³/mol. The fourth-order valence-electron chi connectivity index (χ4n) is 3.58. The lowest BCUT2D eigenvalue weighted by Crippen LogP contribution is -2.31. The molecule has 0 radical (unpaired) electrons. The molecule has 0 saturated heterocycles. The molecule has 30 heavy (non-hydrogen) atoms. The number of carbonyl (C=O) groups excluding carboxylic acids is 3. The normalized spacial score (nSPS) is 12.9. The van der Waals surface area contributed by atoms with E-state index in [0.717, 1.165) is 0 Å². The van der Waals surface area contributed by atoms with E-state index >= 15 is 0 Å². The summed E-state index contributed by atoms with van der Waals surface area (Å²) in [4.78, 5) is 53.1. The van der Waals surface area contributed by atoms with Crippen LogP contribution >= 0.6 is 0 Å². The van der Waals surface area contributed by atoms with E-state index in [2.05, 4.69) is 10.3 Å². The van der Waals surface area contributed by atoms with Crippen LogP contribution in [0.5, 0.6) is 0 Å². The van der Waals surface area contributed by atoms with Crippen LogP contribution in [0.1, 0.15) is 39.3 Å². The molecule has 0 bridgehead atoms. The number of para-hydroxylation sites is 2. The number of rotatable bonds is 6. The summed E-state index contributed by atoms with van der Waals surface area (Å²) in [5.41, 5.74) is 2.29. The number of imide groups is 1. The number of hydrogen-bond acceptors (Lipinski definition) is 4. The van der Waals surface area contributed by atoms with Crippen molar-refractivity contribution in [3.05, 3.63) is 82.0 Å². The Morgan fingerprint density at radius 1 is 0.967 bits per heavy atom. The molecule has 0 fully saturated rings. The number of aromatic amines is 1. The molecule has 8 heteroatoms. The fraction of sp³-hybridized carbons (Fsp3) is 0.182. The number of H-pyrrole nitrogens is 1. The highest BCUT2D eigenvalue weighted by molar-refractivity contribution is 6.21. The quantitative estimate of drug-likeness (QED) is 0.616. The Morgan fingerprint density at radius 2 is 1.60 bits per heavy atom. The van der Waals surface area contributed by atoms with Crippen LogP contribution < -0.4 is 11.0 Å². The van der Waals surface area contributed by atoms with Crippen molar-refractivity contribution in [3.63, 3.8) is 0 Å². The first kappa shape index (κ1) is 19.4. The zero-order chi connectivity index (χ0) is 21.3. The second-order valence-electron chi connectivity index (χ2n) is 7.05. The molecule has 8 nitrogen and oxygen atoms in total. The Hall–Kier alpha value is -3.94. The molecule has 1 aliphatic rings.